The van der Waals surface area contributed by atoms with E-state index in [2.05, 4.69) is 17.5 Å². The van der Waals surface area contributed by atoms with Crippen molar-refractivity contribution < 1.29 is 23.8 Å². The highest BCUT2D eigenvalue weighted by Gasteiger charge is 2.14. The first-order chi connectivity index (χ1) is 18.6. The lowest BCUT2D eigenvalue weighted by Gasteiger charge is -2.11. The average Bonchev–Trinajstić information content (AvgIpc) is 2.96. The summed E-state index contributed by atoms with van der Waals surface area (Å²) in [6.45, 7) is 1.98. The summed E-state index contributed by atoms with van der Waals surface area (Å²) in [4.78, 5) is 25.1. The summed E-state index contributed by atoms with van der Waals surface area (Å²) >= 11 is 0. The fourth-order valence-corrected chi connectivity index (χ4v) is 3.87. The van der Waals surface area contributed by atoms with Crippen LogP contribution < -0.4 is 19.6 Å². The van der Waals surface area contributed by atoms with Crippen LogP contribution in [-0.4, -0.2) is 31.8 Å². The number of carbonyl (C=O) groups is 2. The molecule has 4 aromatic carbocycles. The molecule has 0 spiro atoms. The Bertz CT molecular complexity index is 1410. The minimum Gasteiger partial charge on any atom is -0.497 e. The van der Waals surface area contributed by atoms with E-state index in [1.807, 2.05) is 54.6 Å². The standard InChI is InChI=1S/C31H30N2O5/c1-3-4-7-22-10-15-26(16-11-22)37-21-30(34)33-32-20-28-27-9-6-5-8-23(27)14-19-29(28)38-31(35)24-12-17-25(36-2)18-13-24/h5-6,8-20H,3-4,7,21H2,1-2H3,(H,33,34). The van der Waals surface area contributed by atoms with Crippen molar-refractivity contribution in [2.24, 2.45) is 5.10 Å². The maximum atomic E-state index is 12.8. The van der Waals surface area contributed by atoms with Gasteiger partial charge in [0, 0.05) is 5.56 Å². The third-order valence-electron chi connectivity index (χ3n) is 5.95. The molecule has 0 radical (unpaired) electrons. The van der Waals surface area contributed by atoms with Crippen LogP contribution in [0.1, 0.15) is 41.3 Å². The molecule has 0 aromatic heterocycles. The topological polar surface area (TPSA) is 86.2 Å². The van der Waals surface area contributed by atoms with Crippen LogP contribution in [0.5, 0.6) is 17.2 Å². The number of hydrazone groups is 1. The van der Waals surface area contributed by atoms with E-state index in [1.54, 1.807) is 37.4 Å². The summed E-state index contributed by atoms with van der Waals surface area (Å²) in [5, 5.41) is 5.87. The summed E-state index contributed by atoms with van der Waals surface area (Å²) in [5.41, 5.74) is 4.67. The Balaban J connectivity index is 1.43. The quantitative estimate of drug-likeness (QED) is 0.117. The van der Waals surface area contributed by atoms with Crippen LogP contribution >= 0.6 is 0 Å². The molecule has 0 aliphatic rings. The molecule has 0 unspecified atom stereocenters. The van der Waals surface area contributed by atoms with Gasteiger partial charge in [0.25, 0.3) is 5.91 Å². The van der Waals surface area contributed by atoms with Gasteiger partial charge in [0.05, 0.1) is 18.9 Å². The monoisotopic (exact) mass is 510 g/mol. The number of nitrogens with one attached hydrogen (secondary N) is 1. The minimum atomic E-state index is -0.518. The highest BCUT2D eigenvalue weighted by atomic mass is 16.5. The number of ether oxygens (including phenoxy) is 3. The molecule has 1 N–H and O–H groups in total. The van der Waals surface area contributed by atoms with E-state index >= 15 is 0 Å². The molecule has 38 heavy (non-hydrogen) atoms. The van der Waals surface area contributed by atoms with Crippen LogP contribution in [0.2, 0.25) is 0 Å². The second kappa shape index (κ2) is 13.1. The molecule has 7 heteroatoms. The SMILES string of the molecule is CCCCc1ccc(OCC(=O)NN=Cc2c(OC(=O)c3ccc(OC)cc3)ccc3ccccc23)cc1. The third kappa shape index (κ3) is 6.97. The molecule has 0 saturated carbocycles. The second-order valence-electron chi connectivity index (χ2n) is 8.65. The zero-order valence-corrected chi connectivity index (χ0v) is 21.5. The van der Waals surface area contributed by atoms with Crippen molar-refractivity contribution >= 4 is 28.9 Å². The van der Waals surface area contributed by atoms with Gasteiger partial charge < -0.3 is 14.2 Å². The van der Waals surface area contributed by atoms with Crippen molar-refractivity contribution in [2.75, 3.05) is 13.7 Å². The number of aryl methyl sites for hydroxylation is 1. The number of nitrogens with zero attached hydrogens (tertiary/aromatic N) is 1. The second-order valence-corrected chi connectivity index (χ2v) is 8.65. The molecule has 0 atom stereocenters. The van der Waals surface area contributed by atoms with E-state index in [9.17, 15) is 9.59 Å². The highest BCUT2D eigenvalue weighted by molar-refractivity contribution is 6.04. The number of benzene rings is 4. The van der Waals surface area contributed by atoms with Gasteiger partial charge in [0.2, 0.25) is 0 Å². The molecular weight excluding hydrogens is 480 g/mol. The first kappa shape index (κ1) is 26.4. The number of carbonyl (C=O) groups excluding carboxylic acids is 2. The van der Waals surface area contributed by atoms with Gasteiger partial charge in [0.15, 0.2) is 6.61 Å². The van der Waals surface area contributed by atoms with E-state index < -0.39 is 11.9 Å². The van der Waals surface area contributed by atoms with Gasteiger partial charge in [-0.3, -0.25) is 4.79 Å². The Morgan fingerprint density at radius 1 is 0.895 bits per heavy atom. The number of methoxy groups -OCH3 is 1. The molecule has 0 bridgehead atoms. The summed E-state index contributed by atoms with van der Waals surface area (Å²) in [7, 11) is 1.56. The van der Waals surface area contributed by atoms with Gasteiger partial charge >= 0.3 is 5.97 Å². The number of fused-ring (bicyclic) bond motifs is 1. The zero-order valence-electron chi connectivity index (χ0n) is 21.5. The molecule has 0 fully saturated rings. The summed E-state index contributed by atoms with van der Waals surface area (Å²) in [5.74, 6) is 0.654. The molecule has 1 amide bonds. The largest absolute Gasteiger partial charge is 0.497 e. The highest BCUT2D eigenvalue weighted by Crippen LogP contribution is 2.27. The van der Waals surface area contributed by atoms with Crippen LogP contribution in [0.3, 0.4) is 0 Å². The zero-order chi connectivity index (χ0) is 26.7. The Hall–Kier alpha value is -4.65. The van der Waals surface area contributed by atoms with Crippen LogP contribution in [0.15, 0.2) is 90.0 Å². The normalized spacial score (nSPS) is 10.9. The smallest absolute Gasteiger partial charge is 0.343 e. The maximum Gasteiger partial charge on any atom is 0.343 e. The number of hydrogen-bond donors (Lipinski definition) is 1. The van der Waals surface area contributed by atoms with Crippen LogP contribution in [0.25, 0.3) is 10.8 Å². The van der Waals surface area contributed by atoms with Gasteiger partial charge in [-0.25, -0.2) is 10.2 Å². The van der Waals surface area contributed by atoms with E-state index in [0.29, 0.717) is 28.4 Å². The lowest BCUT2D eigenvalue weighted by Crippen LogP contribution is -2.24. The Morgan fingerprint density at radius 3 is 2.37 bits per heavy atom. The van der Waals surface area contributed by atoms with Gasteiger partial charge in [0.1, 0.15) is 17.2 Å². The summed E-state index contributed by atoms with van der Waals surface area (Å²) < 4.78 is 16.4. The van der Waals surface area contributed by atoms with Gasteiger partial charge in [-0.2, -0.15) is 5.10 Å². The van der Waals surface area contributed by atoms with Gasteiger partial charge in [-0.05, 0) is 71.6 Å². The minimum absolute atomic E-state index is 0.180. The molecule has 7 nitrogen and oxygen atoms in total. The maximum absolute atomic E-state index is 12.8. The van der Waals surface area contributed by atoms with E-state index in [0.717, 1.165) is 30.0 Å². The molecule has 0 aliphatic heterocycles. The lowest BCUT2D eigenvalue weighted by molar-refractivity contribution is -0.123. The third-order valence-corrected chi connectivity index (χ3v) is 5.95. The number of esters is 1. The predicted molar refractivity (Wildman–Crippen MR) is 148 cm³/mol. The van der Waals surface area contributed by atoms with Crippen molar-refractivity contribution in [3.63, 3.8) is 0 Å². The first-order valence-electron chi connectivity index (χ1n) is 12.5. The van der Waals surface area contributed by atoms with E-state index in [-0.39, 0.29) is 6.61 Å². The van der Waals surface area contributed by atoms with Crippen molar-refractivity contribution in [3.8, 4) is 17.2 Å². The molecule has 0 heterocycles. The number of rotatable bonds is 11. The van der Waals surface area contributed by atoms with Crippen molar-refractivity contribution in [3.05, 3.63) is 102 Å². The molecule has 0 aliphatic carbocycles. The van der Waals surface area contributed by atoms with Crippen LogP contribution in [0.4, 0.5) is 0 Å². The summed E-state index contributed by atoms with van der Waals surface area (Å²) in [6, 6.07) is 25.6. The van der Waals surface area contributed by atoms with Crippen molar-refractivity contribution in [2.45, 2.75) is 26.2 Å². The van der Waals surface area contributed by atoms with E-state index in [1.165, 1.54) is 11.8 Å². The molecule has 194 valence electrons. The Kier molecular flexibility index (Phi) is 9.07. The number of unbranched alkanes of at least 4 members (excludes halogenated alkanes) is 1. The molecular formula is C31H30N2O5. The average molecular weight is 511 g/mol. The number of hydrogen-bond acceptors (Lipinski definition) is 6. The van der Waals surface area contributed by atoms with Gasteiger partial charge in [-0.1, -0.05) is 55.8 Å². The van der Waals surface area contributed by atoms with E-state index in [4.69, 9.17) is 14.2 Å². The molecule has 4 aromatic rings. The first-order valence-corrected chi connectivity index (χ1v) is 12.5. The lowest BCUT2D eigenvalue weighted by atomic mass is 10.0. The number of amides is 1. The summed E-state index contributed by atoms with van der Waals surface area (Å²) in [6.07, 6.45) is 4.78. The Morgan fingerprint density at radius 2 is 1.63 bits per heavy atom. The van der Waals surface area contributed by atoms with Gasteiger partial charge in [-0.15, -0.1) is 0 Å². The van der Waals surface area contributed by atoms with Crippen LogP contribution in [0, 0.1) is 0 Å². The van der Waals surface area contributed by atoms with Crippen molar-refractivity contribution in [1.29, 1.82) is 0 Å². The fourth-order valence-electron chi connectivity index (χ4n) is 3.87. The predicted octanol–water partition coefficient (Wildman–Crippen LogP) is 5.94. The fraction of sp³-hybridized carbons (Fsp3) is 0.194. The van der Waals surface area contributed by atoms with Crippen molar-refractivity contribution in [1.82, 2.24) is 5.43 Å². The van der Waals surface area contributed by atoms with Crippen LogP contribution in [-0.2, 0) is 11.2 Å². The molecule has 0 saturated heterocycles. The molecule has 4 rings (SSSR count). The Labute approximate surface area is 222 Å².